The molecule has 0 atom stereocenters. The summed E-state index contributed by atoms with van der Waals surface area (Å²) in [4.78, 5) is 26.5. The van der Waals surface area contributed by atoms with Crippen molar-refractivity contribution in [3.63, 3.8) is 0 Å². The van der Waals surface area contributed by atoms with E-state index in [9.17, 15) is 9.59 Å². The average Bonchev–Trinajstić information content (AvgIpc) is 3.00. The second-order valence-electron chi connectivity index (χ2n) is 7.73. The zero-order valence-corrected chi connectivity index (χ0v) is 16.7. The molecule has 1 fully saturated rings. The molecule has 1 aliphatic rings. The van der Waals surface area contributed by atoms with Crippen molar-refractivity contribution >= 4 is 11.8 Å². The van der Waals surface area contributed by atoms with E-state index in [0.29, 0.717) is 18.7 Å². The Labute approximate surface area is 161 Å². The van der Waals surface area contributed by atoms with Gasteiger partial charge in [-0.25, -0.2) is 0 Å². The van der Waals surface area contributed by atoms with E-state index < -0.39 is 0 Å². The van der Waals surface area contributed by atoms with E-state index in [-0.39, 0.29) is 23.8 Å². The average molecular weight is 367 g/mol. The Bertz CT molecular complexity index is 793. The number of aromatic nitrogens is 1. The van der Waals surface area contributed by atoms with Gasteiger partial charge in [0.15, 0.2) is 0 Å². The first-order valence-corrected chi connectivity index (χ1v) is 9.72. The standard InChI is InChI=1S/C22H29N3O2/c1-15(2)22(27)24-13-11-19(12-14-24)23-21(26)18-7-9-20(10-8-18)25-16(3)5-6-17(25)4/h5-10,15,19H,11-14H2,1-4H3,(H,23,26). The summed E-state index contributed by atoms with van der Waals surface area (Å²) in [5.74, 6) is 0.185. The van der Waals surface area contributed by atoms with Gasteiger partial charge in [-0.15, -0.1) is 0 Å². The molecule has 5 nitrogen and oxygen atoms in total. The molecule has 2 amide bonds. The highest BCUT2D eigenvalue weighted by Gasteiger charge is 2.25. The minimum atomic E-state index is -0.0452. The molecule has 1 aromatic heterocycles. The van der Waals surface area contributed by atoms with Crippen molar-refractivity contribution < 1.29 is 9.59 Å². The van der Waals surface area contributed by atoms with E-state index in [1.54, 1.807) is 0 Å². The van der Waals surface area contributed by atoms with Crippen molar-refractivity contribution in [1.29, 1.82) is 0 Å². The zero-order valence-electron chi connectivity index (χ0n) is 16.7. The number of likely N-dealkylation sites (tertiary alicyclic amines) is 1. The molecule has 1 N–H and O–H groups in total. The Morgan fingerprint density at radius 2 is 1.52 bits per heavy atom. The SMILES string of the molecule is Cc1ccc(C)n1-c1ccc(C(=O)NC2CCN(C(=O)C(C)C)CC2)cc1. The lowest BCUT2D eigenvalue weighted by atomic mass is 10.0. The number of carbonyl (C=O) groups excluding carboxylic acids is 2. The maximum atomic E-state index is 12.6. The van der Waals surface area contributed by atoms with Gasteiger partial charge in [0.1, 0.15) is 0 Å². The number of rotatable bonds is 4. The van der Waals surface area contributed by atoms with Gasteiger partial charge in [0.05, 0.1) is 0 Å². The van der Waals surface area contributed by atoms with Gasteiger partial charge in [-0.2, -0.15) is 0 Å². The summed E-state index contributed by atoms with van der Waals surface area (Å²) < 4.78 is 2.17. The number of nitrogens with one attached hydrogen (secondary N) is 1. The Hall–Kier alpha value is -2.56. The highest BCUT2D eigenvalue weighted by molar-refractivity contribution is 5.94. The summed E-state index contributed by atoms with van der Waals surface area (Å²) in [7, 11) is 0. The van der Waals surface area contributed by atoms with Gasteiger partial charge in [-0.1, -0.05) is 13.8 Å². The van der Waals surface area contributed by atoms with E-state index in [2.05, 4.69) is 35.9 Å². The molecule has 1 aliphatic heterocycles. The van der Waals surface area contributed by atoms with Crippen LogP contribution in [0.15, 0.2) is 36.4 Å². The predicted molar refractivity (Wildman–Crippen MR) is 107 cm³/mol. The second kappa shape index (κ2) is 7.99. The van der Waals surface area contributed by atoms with Crippen LogP contribution < -0.4 is 5.32 Å². The molecule has 0 radical (unpaired) electrons. The van der Waals surface area contributed by atoms with Crippen molar-refractivity contribution in [1.82, 2.24) is 14.8 Å². The minimum absolute atomic E-state index is 0.0298. The third kappa shape index (κ3) is 4.24. The van der Waals surface area contributed by atoms with Crippen molar-refractivity contribution in [2.24, 2.45) is 5.92 Å². The fourth-order valence-corrected chi connectivity index (χ4v) is 3.72. The number of carbonyl (C=O) groups is 2. The molecule has 1 saturated heterocycles. The van der Waals surface area contributed by atoms with E-state index in [0.717, 1.165) is 18.5 Å². The molecule has 0 unspecified atom stereocenters. The molecular formula is C22H29N3O2. The Morgan fingerprint density at radius 3 is 2.04 bits per heavy atom. The van der Waals surface area contributed by atoms with Crippen LogP contribution in [0.25, 0.3) is 5.69 Å². The first-order valence-electron chi connectivity index (χ1n) is 9.72. The van der Waals surface area contributed by atoms with Crippen LogP contribution in [0, 0.1) is 19.8 Å². The van der Waals surface area contributed by atoms with Gasteiger partial charge in [0.2, 0.25) is 5.91 Å². The molecule has 3 rings (SSSR count). The monoisotopic (exact) mass is 367 g/mol. The summed E-state index contributed by atoms with van der Waals surface area (Å²) in [6.07, 6.45) is 1.62. The first-order chi connectivity index (χ1) is 12.9. The van der Waals surface area contributed by atoms with Gasteiger partial charge in [-0.3, -0.25) is 9.59 Å². The molecule has 2 heterocycles. The van der Waals surface area contributed by atoms with E-state index in [1.165, 1.54) is 11.4 Å². The fraction of sp³-hybridized carbons (Fsp3) is 0.455. The fourth-order valence-electron chi connectivity index (χ4n) is 3.72. The van der Waals surface area contributed by atoms with Crippen LogP contribution in [0.3, 0.4) is 0 Å². The van der Waals surface area contributed by atoms with Gasteiger partial charge < -0.3 is 14.8 Å². The van der Waals surface area contributed by atoms with Crippen LogP contribution in [0.2, 0.25) is 0 Å². The lowest BCUT2D eigenvalue weighted by Crippen LogP contribution is -2.47. The summed E-state index contributed by atoms with van der Waals surface area (Å²) in [6, 6.07) is 12.0. The molecule has 2 aromatic rings. The smallest absolute Gasteiger partial charge is 0.251 e. The molecule has 144 valence electrons. The van der Waals surface area contributed by atoms with Crippen molar-refractivity contribution in [2.75, 3.05) is 13.1 Å². The molecule has 0 bridgehead atoms. The molecule has 0 spiro atoms. The van der Waals surface area contributed by atoms with Gasteiger partial charge in [-0.05, 0) is 63.1 Å². The van der Waals surface area contributed by atoms with Crippen LogP contribution in [0.5, 0.6) is 0 Å². The number of amides is 2. The highest BCUT2D eigenvalue weighted by atomic mass is 16.2. The van der Waals surface area contributed by atoms with Gasteiger partial charge in [0.25, 0.3) is 5.91 Å². The Morgan fingerprint density at radius 1 is 0.963 bits per heavy atom. The summed E-state index contributed by atoms with van der Waals surface area (Å²) in [5, 5.41) is 3.12. The predicted octanol–water partition coefficient (Wildman–Crippen LogP) is 3.47. The molecule has 1 aromatic carbocycles. The number of nitrogens with zero attached hydrogens (tertiary/aromatic N) is 2. The lowest BCUT2D eigenvalue weighted by Gasteiger charge is -2.33. The summed E-state index contributed by atoms with van der Waals surface area (Å²) >= 11 is 0. The van der Waals surface area contributed by atoms with Crippen molar-refractivity contribution in [2.45, 2.75) is 46.6 Å². The maximum absolute atomic E-state index is 12.6. The quantitative estimate of drug-likeness (QED) is 0.900. The van der Waals surface area contributed by atoms with Gasteiger partial charge in [0, 0.05) is 47.7 Å². The number of benzene rings is 1. The first kappa shape index (κ1) is 19.2. The number of hydrogen-bond donors (Lipinski definition) is 1. The second-order valence-corrected chi connectivity index (χ2v) is 7.73. The number of piperidine rings is 1. The van der Waals surface area contributed by atoms with Crippen LogP contribution in [0.4, 0.5) is 0 Å². The van der Waals surface area contributed by atoms with Crippen LogP contribution in [-0.2, 0) is 4.79 Å². The normalized spacial score (nSPS) is 15.2. The number of aryl methyl sites for hydroxylation is 2. The van der Waals surface area contributed by atoms with Gasteiger partial charge >= 0.3 is 0 Å². The van der Waals surface area contributed by atoms with E-state index >= 15 is 0 Å². The molecule has 27 heavy (non-hydrogen) atoms. The molecule has 5 heteroatoms. The van der Waals surface area contributed by atoms with Crippen LogP contribution in [-0.4, -0.2) is 40.4 Å². The van der Waals surface area contributed by atoms with Crippen LogP contribution in [0.1, 0.15) is 48.4 Å². The van der Waals surface area contributed by atoms with Crippen molar-refractivity contribution in [3.8, 4) is 5.69 Å². The third-order valence-corrected chi connectivity index (χ3v) is 5.29. The zero-order chi connectivity index (χ0) is 19.6. The number of hydrogen-bond acceptors (Lipinski definition) is 2. The van der Waals surface area contributed by atoms with E-state index in [1.807, 2.05) is 43.0 Å². The molecule has 0 aliphatic carbocycles. The van der Waals surface area contributed by atoms with Crippen molar-refractivity contribution in [3.05, 3.63) is 53.3 Å². The Balaban J connectivity index is 1.59. The third-order valence-electron chi connectivity index (χ3n) is 5.29. The largest absolute Gasteiger partial charge is 0.349 e. The topological polar surface area (TPSA) is 54.3 Å². The lowest BCUT2D eigenvalue weighted by molar-refractivity contribution is -0.135. The minimum Gasteiger partial charge on any atom is -0.349 e. The van der Waals surface area contributed by atoms with Crippen LogP contribution >= 0.6 is 0 Å². The van der Waals surface area contributed by atoms with E-state index in [4.69, 9.17) is 0 Å². The Kier molecular flexibility index (Phi) is 5.68. The maximum Gasteiger partial charge on any atom is 0.251 e. The summed E-state index contributed by atoms with van der Waals surface area (Å²) in [5.41, 5.74) is 4.08. The summed E-state index contributed by atoms with van der Waals surface area (Å²) in [6.45, 7) is 9.43. The molecule has 0 saturated carbocycles. The highest BCUT2D eigenvalue weighted by Crippen LogP contribution is 2.18. The molecular weight excluding hydrogens is 338 g/mol.